The van der Waals surface area contributed by atoms with Crippen LogP contribution in [0.25, 0.3) is 0 Å². The average Bonchev–Trinajstić information content (AvgIpc) is 2.71. The van der Waals surface area contributed by atoms with Gasteiger partial charge in [0.1, 0.15) is 0 Å². The van der Waals surface area contributed by atoms with Crippen molar-refractivity contribution in [1.29, 1.82) is 0 Å². The van der Waals surface area contributed by atoms with Gasteiger partial charge in [0.25, 0.3) is 11.7 Å². The maximum absolute atomic E-state index is 13.3. The minimum absolute atomic E-state index is 0.0892. The molecule has 0 radical (unpaired) electrons. The third-order valence-corrected chi connectivity index (χ3v) is 3.39. The predicted molar refractivity (Wildman–Crippen MR) is 71.0 cm³/mol. The van der Waals surface area contributed by atoms with Crippen molar-refractivity contribution in [3.8, 4) is 0 Å². The quantitative estimate of drug-likeness (QED) is 0.813. The van der Waals surface area contributed by atoms with Crippen molar-refractivity contribution in [3.63, 3.8) is 0 Å². The Kier molecular flexibility index (Phi) is 3.21. The van der Waals surface area contributed by atoms with Crippen LogP contribution in [0.1, 0.15) is 15.9 Å². The fraction of sp³-hybridized carbons (Fsp3) is 0.133. The largest absolute Gasteiger partial charge is 0.304 e. The van der Waals surface area contributed by atoms with E-state index in [-0.39, 0.29) is 17.8 Å². The first kappa shape index (κ1) is 13.4. The number of pyridine rings is 1. The molecule has 0 bridgehead atoms. The van der Waals surface area contributed by atoms with Gasteiger partial charge >= 0.3 is 0 Å². The number of carbonyl (C=O) groups is 2. The molecule has 0 spiro atoms. The molecule has 21 heavy (non-hydrogen) atoms. The van der Waals surface area contributed by atoms with Gasteiger partial charge in [-0.3, -0.25) is 14.6 Å². The first-order valence-electron chi connectivity index (χ1n) is 6.32. The second-order valence-corrected chi connectivity index (χ2v) is 4.67. The summed E-state index contributed by atoms with van der Waals surface area (Å²) in [6.45, 7) is 0.215. The molecule has 1 aliphatic rings. The van der Waals surface area contributed by atoms with E-state index in [2.05, 4.69) is 4.98 Å². The summed E-state index contributed by atoms with van der Waals surface area (Å²) in [5, 5.41) is 0. The number of rotatable bonds is 3. The summed E-state index contributed by atoms with van der Waals surface area (Å²) in [6.07, 6.45) is 3.73. The van der Waals surface area contributed by atoms with Crippen LogP contribution in [-0.4, -0.2) is 23.2 Å². The van der Waals surface area contributed by atoms with E-state index < -0.39 is 23.3 Å². The molecule has 6 heteroatoms. The minimum atomic E-state index is -1.13. The maximum Gasteiger partial charge on any atom is 0.299 e. The number of hydrogen-bond acceptors (Lipinski definition) is 3. The molecule has 3 rings (SSSR count). The highest BCUT2D eigenvalue weighted by Crippen LogP contribution is 2.31. The first-order chi connectivity index (χ1) is 10.1. The number of aromatic nitrogens is 1. The lowest BCUT2D eigenvalue weighted by molar-refractivity contribution is -0.114. The molecule has 2 heterocycles. The molecule has 4 nitrogen and oxygen atoms in total. The monoisotopic (exact) mass is 288 g/mol. The average molecular weight is 288 g/mol. The van der Waals surface area contributed by atoms with E-state index in [1.165, 1.54) is 4.90 Å². The highest BCUT2D eigenvalue weighted by atomic mass is 19.2. The molecule has 0 aliphatic carbocycles. The number of benzene rings is 1. The summed E-state index contributed by atoms with van der Waals surface area (Å²) in [6, 6.07) is 5.24. The van der Waals surface area contributed by atoms with Crippen LogP contribution in [0.3, 0.4) is 0 Å². The van der Waals surface area contributed by atoms with E-state index in [1.807, 2.05) is 0 Å². The van der Waals surface area contributed by atoms with Crippen LogP contribution in [0.4, 0.5) is 14.5 Å². The van der Waals surface area contributed by atoms with Crippen molar-refractivity contribution in [2.45, 2.75) is 6.42 Å². The molecule has 0 unspecified atom stereocenters. The molecule has 0 N–H and O–H groups in total. The lowest BCUT2D eigenvalue weighted by Gasteiger charge is -2.16. The lowest BCUT2D eigenvalue weighted by atomic mass is 10.1. The molecule has 0 atom stereocenters. The van der Waals surface area contributed by atoms with Crippen molar-refractivity contribution in [2.75, 3.05) is 11.4 Å². The molecule has 0 fully saturated rings. The van der Waals surface area contributed by atoms with E-state index in [1.54, 1.807) is 24.5 Å². The Morgan fingerprint density at radius 3 is 2.43 bits per heavy atom. The van der Waals surface area contributed by atoms with Crippen molar-refractivity contribution in [3.05, 3.63) is 59.4 Å². The molecule has 1 amide bonds. The summed E-state index contributed by atoms with van der Waals surface area (Å²) in [4.78, 5) is 28.8. The van der Waals surface area contributed by atoms with E-state index in [0.717, 1.165) is 17.7 Å². The number of ketones is 1. The standard InChI is InChI=1S/C15H10F2N2O2/c16-11-7-10-13(8-12(11)17)19(15(21)14(10)20)6-3-9-1-4-18-5-2-9/h1-2,4-5,7-8H,3,6H2. The number of amides is 1. The Balaban J connectivity index is 1.89. The van der Waals surface area contributed by atoms with E-state index in [0.29, 0.717) is 6.42 Å². The zero-order valence-corrected chi connectivity index (χ0v) is 10.8. The summed E-state index contributed by atoms with van der Waals surface area (Å²) < 4.78 is 26.5. The molecular formula is C15H10F2N2O2. The number of fused-ring (bicyclic) bond motifs is 1. The molecule has 0 saturated heterocycles. The molecule has 0 saturated carbocycles. The normalized spacial score (nSPS) is 13.7. The molecular weight excluding hydrogens is 278 g/mol. The van der Waals surface area contributed by atoms with Crippen LogP contribution in [0.2, 0.25) is 0 Å². The highest BCUT2D eigenvalue weighted by Gasteiger charge is 2.36. The fourth-order valence-electron chi connectivity index (χ4n) is 2.30. The van der Waals surface area contributed by atoms with Gasteiger partial charge in [0, 0.05) is 25.0 Å². The van der Waals surface area contributed by atoms with E-state index in [9.17, 15) is 18.4 Å². The predicted octanol–water partition coefficient (Wildman–Crippen LogP) is 2.13. The van der Waals surface area contributed by atoms with E-state index >= 15 is 0 Å². The van der Waals surface area contributed by atoms with Gasteiger partial charge in [0.15, 0.2) is 11.6 Å². The van der Waals surface area contributed by atoms with Gasteiger partial charge in [-0.25, -0.2) is 8.78 Å². The summed E-state index contributed by atoms with van der Waals surface area (Å²) in [5.74, 6) is -3.78. The second-order valence-electron chi connectivity index (χ2n) is 4.67. The van der Waals surface area contributed by atoms with Crippen molar-refractivity contribution in [1.82, 2.24) is 4.98 Å². The van der Waals surface area contributed by atoms with Crippen LogP contribution in [0, 0.1) is 11.6 Å². The SMILES string of the molecule is O=C1C(=O)N(CCc2ccncc2)c2cc(F)c(F)cc21. The van der Waals surface area contributed by atoms with Crippen molar-refractivity contribution in [2.24, 2.45) is 0 Å². The van der Waals surface area contributed by atoms with Gasteiger partial charge in [0.2, 0.25) is 0 Å². The van der Waals surface area contributed by atoms with E-state index in [4.69, 9.17) is 0 Å². The summed E-state index contributed by atoms with van der Waals surface area (Å²) in [7, 11) is 0. The van der Waals surface area contributed by atoms with Gasteiger partial charge in [0.05, 0.1) is 11.3 Å². The number of nitrogens with zero attached hydrogens (tertiary/aromatic N) is 2. The van der Waals surface area contributed by atoms with Crippen LogP contribution >= 0.6 is 0 Å². The highest BCUT2D eigenvalue weighted by molar-refractivity contribution is 6.52. The zero-order chi connectivity index (χ0) is 15.0. The third kappa shape index (κ3) is 2.29. The van der Waals surface area contributed by atoms with Gasteiger partial charge in [-0.1, -0.05) is 0 Å². The fourth-order valence-corrected chi connectivity index (χ4v) is 2.30. The minimum Gasteiger partial charge on any atom is -0.304 e. The molecule has 2 aromatic rings. The number of hydrogen-bond donors (Lipinski definition) is 0. The number of Topliss-reactive ketones (excluding diaryl/α,β-unsaturated/α-hetero) is 1. The van der Waals surface area contributed by atoms with Crippen LogP contribution in [0.15, 0.2) is 36.7 Å². The first-order valence-corrected chi connectivity index (χ1v) is 6.32. The summed E-state index contributed by atoms with van der Waals surface area (Å²) >= 11 is 0. The smallest absolute Gasteiger partial charge is 0.299 e. The van der Waals surface area contributed by atoms with Gasteiger partial charge in [-0.05, 0) is 30.2 Å². The topological polar surface area (TPSA) is 50.3 Å². The third-order valence-electron chi connectivity index (χ3n) is 3.39. The van der Waals surface area contributed by atoms with Crippen LogP contribution in [0.5, 0.6) is 0 Å². The van der Waals surface area contributed by atoms with Gasteiger partial charge in [-0.15, -0.1) is 0 Å². The number of carbonyl (C=O) groups excluding carboxylic acids is 2. The molecule has 1 aromatic carbocycles. The Hall–Kier alpha value is -2.63. The molecule has 1 aromatic heterocycles. The maximum atomic E-state index is 13.3. The number of anilines is 1. The summed E-state index contributed by atoms with van der Waals surface area (Å²) in [5.41, 5.74) is 0.966. The van der Waals surface area contributed by atoms with Crippen molar-refractivity contribution >= 4 is 17.4 Å². The second kappa shape index (κ2) is 5.05. The Bertz CT molecular complexity index is 732. The van der Waals surface area contributed by atoms with Gasteiger partial charge in [-0.2, -0.15) is 0 Å². The Morgan fingerprint density at radius 2 is 1.71 bits per heavy atom. The Labute approximate surface area is 119 Å². The van der Waals surface area contributed by atoms with Crippen LogP contribution in [-0.2, 0) is 11.2 Å². The number of halogens is 2. The van der Waals surface area contributed by atoms with Crippen molar-refractivity contribution < 1.29 is 18.4 Å². The lowest BCUT2D eigenvalue weighted by Crippen LogP contribution is -2.31. The van der Waals surface area contributed by atoms with Crippen LogP contribution < -0.4 is 4.90 Å². The zero-order valence-electron chi connectivity index (χ0n) is 10.8. The molecule has 1 aliphatic heterocycles. The van der Waals surface area contributed by atoms with Gasteiger partial charge < -0.3 is 4.90 Å². The Morgan fingerprint density at radius 1 is 1.05 bits per heavy atom. The molecule has 106 valence electrons.